The van der Waals surface area contributed by atoms with E-state index in [1.807, 2.05) is 30.3 Å². The van der Waals surface area contributed by atoms with Gasteiger partial charge in [0.1, 0.15) is 6.61 Å². The Balaban J connectivity index is 1.99. The summed E-state index contributed by atoms with van der Waals surface area (Å²) in [4.78, 5) is 35.8. The van der Waals surface area contributed by atoms with Gasteiger partial charge in [-0.05, 0) is 5.56 Å². The largest absolute Gasteiger partial charge is 0.456 e. The number of esters is 2. The second-order valence-corrected chi connectivity index (χ2v) is 5.17. The van der Waals surface area contributed by atoms with Crippen LogP contribution in [0.2, 0.25) is 0 Å². The second kappa shape index (κ2) is 7.62. The molecule has 1 aromatic carbocycles. The van der Waals surface area contributed by atoms with Crippen molar-refractivity contribution >= 4 is 18.0 Å². The fraction of sp³-hybridized carbons (Fsp3) is 0.438. The Morgan fingerprint density at radius 1 is 1.09 bits per heavy atom. The normalized spacial score (nSPS) is 20.0. The Bertz CT molecular complexity index is 573. The minimum Gasteiger partial charge on any atom is -0.456 e. The zero-order chi connectivity index (χ0) is 16.8. The summed E-state index contributed by atoms with van der Waals surface area (Å²) in [6.45, 7) is 2.89. The van der Waals surface area contributed by atoms with Crippen molar-refractivity contribution in [2.75, 3.05) is 6.54 Å². The van der Waals surface area contributed by atoms with Crippen molar-refractivity contribution in [2.24, 2.45) is 0 Å². The third-order valence-electron chi connectivity index (χ3n) is 3.32. The summed E-state index contributed by atoms with van der Waals surface area (Å²) in [7, 11) is 0. The van der Waals surface area contributed by atoms with Crippen molar-refractivity contribution in [1.29, 1.82) is 0 Å². The van der Waals surface area contributed by atoms with Gasteiger partial charge in [-0.25, -0.2) is 4.79 Å². The number of hydrogen-bond acceptors (Lipinski definition) is 6. The van der Waals surface area contributed by atoms with Crippen molar-refractivity contribution in [3.05, 3.63) is 35.9 Å². The van der Waals surface area contributed by atoms with Crippen LogP contribution >= 0.6 is 0 Å². The Kier molecular flexibility index (Phi) is 5.56. The molecule has 2 rings (SSSR count). The molecule has 1 fully saturated rings. The van der Waals surface area contributed by atoms with Gasteiger partial charge in [-0.15, -0.1) is 0 Å². The van der Waals surface area contributed by atoms with Crippen molar-refractivity contribution in [3.63, 3.8) is 0 Å². The van der Waals surface area contributed by atoms with E-state index in [9.17, 15) is 14.4 Å². The van der Waals surface area contributed by atoms with Gasteiger partial charge in [-0.3, -0.25) is 14.5 Å². The van der Waals surface area contributed by atoms with Crippen LogP contribution in [-0.4, -0.2) is 41.8 Å². The molecule has 23 heavy (non-hydrogen) atoms. The first-order valence-electron chi connectivity index (χ1n) is 7.29. The first-order valence-corrected chi connectivity index (χ1v) is 7.29. The fourth-order valence-electron chi connectivity index (χ4n) is 2.37. The molecule has 124 valence electrons. The lowest BCUT2D eigenvalue weighted by molar-refractivity contribution is -0.170. The van der Waals surface area contributed by atoms with E-state index >= 15 is 0 Å². The highest BCUT2D eigenvalue weighted by Crippen LogP contribution is 2.23. The van der Waals surface area contributed by atoms with Crippen molar-refractivity contribution in [1.82, 2.24) is 4.90 Å². The highest BCUT2D eigenvalue weighted by Gasteiger charge is 2.42. The van der Waals surface area contributed by atoms with Gasteiger partial charge in [0.05, 0.1) is 0 Å². The molecule has 2 atom stereocenters. The van der Waals surface area contributed by atoms with E-state index in [2.05, 4.69) is 0 Å². The van der Waals surface area contributed by atoms with Crippen LogP contribution in [0.1, 0.15) is 25.8 Å². The SMILES string of the molecule is CC(=O)OC1CCN(C(=O)OCc2ccccc2)C1OC(C)=O. The van der Waals surface area contributed by atoms with Crippen LogP contribution in [0.5, 0.6) is 0 Å². The van der Waals surface area contributed by atoms with Crippen LogP contribution in [0.4, 0.5) is 4.79 Å². The number of ether oxygens (including phenoxy) is 3. The average Bonchev–Trinajstić information content (AvgIpc) is 2.87. The predicted molar refractivity (Wildman–Crippen MR) is 79.1 cm³/mol. The Morgan fingerprint density at radius 2 is 1.74 bits per heavy atom. The lowest BCUT2D eigenvalue weighted by Crippen LogP contribution is -2.43. The lowest BCUT2D eigenvalue weighted by Gasteiger charge is -2.26. The maximum atomic E-state index is 12.2. The molecule has 2 unspecified atom stereocenters. The number of carbonyl (C=O) groups is 3. The van der Waals surface area contributed by atoms with Crippen LogP contribution < -0.4 is 0 Å². The minimum absolute atomic E-state index is 0.112. The third-order valence-corrected chi connectivity index (χ3v) is 3.32. The second-order valence-electron chi connectivity index (χ2n) is 5.17. The van der Waals surface area contributed by atoms with Gasteiger partial charge < -0.3 is 14.2 Å². The molecule has 1 aliphatic heterocycles. The number of rotatable bonds is 4. The Morgan fingerprint density at radius 3 is 2.35 bits per heavy atom. The Hall–Kier alpha value is -2.57. The number of carbonyl (C=O) groups excluding carboxylic acids is 3. The van der Waals surface area contributed by atoms with E-state index in [4.69, 9.17) is 14.2 Å². The fourth-order valence-corrected chi connectivity index (χ4v) is 2.37. The summed E-state index contributed by atoms with van der Waals surface area (Å²) in [6.07, 6.45) is -1.87. The molecule has 1 aliphatic rings. The molecular formula is C16H19NO6. The van der Waals surface area contributed by atoms with Crippen molar-refractivity contribution in [2.45, 2.75) is 39.2 Å². The predicted octanol–water partition coefficient (Wildman–Crippen LogP) is 1.85. The molecule has 0 N–H and O–H groups in total. The van der Waals surface area contributed by atoms with Gasteiger partial charge in [-0.1, -0.05) is 30.3 Å². The Labute approximate surface area is 134 Å². The van der Waals surface area contributed by atoms with E-state index in [0.29, 0.717) is 6.42 Å². The topological polar surface area (TPSA) is 82.1 Å². The van der Waals surface area contributed by atoms with E-state index in [-0.39, 0.29) is 13.2 Å². The van der Waals surface area contributed by atoms with E-state index in [1.54, 1.807) is 0 Å². The first-order chi connectivity index (χ1) is 11.0. The molecule has 1 amide bonds. The molecule has 0 spiro atoms. The molecule has 0 aromatic heterocycles. The van der Waals surface area contributed by atoms with Crippen LogP contribution in [0, 0.1) is 0 Å². The smallest absolute Gasteiger partial charge is 0.413 e. The maximum Gasteiger partial charge on any atom is 0.413 e. The molecule has 7 nitrogen and oxygen atoms in total. The van der Waals surface area contributed by atoms with Crippen LogP contribution in [-0.2, 0) is 30.4 Å². The van der Waals surface area contributed by atoms with E-state index in [0.717, 1.165) is 5.56 Å². The zero-order valence-corrected chi connectivity index (χ0v) is 13.1. The minimum atomic E-state index is -0.959. The number of benzene rings is 1. The number of likely N-dealkylation sites (tertiary alicyclic amines) is 1. The summed E-state index contributed by atoms with van der Waals surface area (Å²) in [6, 6.07) is 9.23. The van der Waals surface area contributed by atoms with E-state index < -0.39 is 30.4 Å². The maximum absolute atomic E-state index is 12.2. The molecule has 0 radical (unpaired) electrons. The molecule has 1 saturated heterocycles. The number of amides is 1. The van der Waals surface area contributed by atoms with Crippen LogP contribution in [0.15, 0.2) is 30.3 Å². The molecular weight excluding hydrogens is 302 g/mol. The van der Waals surface area contributed by atoms with Gasteiger partial charge in [-0.2, -0.15) is 0 Å². The van der Waals surface area contributed by atoms with Gasteiger partial charge in [0.15, 0.2) is 6.10 Å². The third kappa shape index (κ3) is 4.70. The van der Waals surface area contributed by atoms with Crippen molar-refractivity contribution in [3.8, 4) is 0 Å². The van der Waals surface area contributed by atoms with Crippen LogP contribution in [0.25, 0.3) is 0 Å². The summed E-state index contributed by atoms with van der Waals surface area (Å²) in [5.41, 5.74) is 0.848. The summed E-state index contributed by atoms with van der Waals surface area (Å²) < 4.78 is 15.5. The average molecular weight is 321 g/mol. The quantitative estimate of drug-likeness (QED) is 0.622. The molecule has 1 heterocycles. The summed E-state index contributed by atoms with van der Waals surface area (Å²) in [5, 5.41) is 0. The van der Waals surface area contributed by atoms with Gasteiger partial charge in [0.2, 0.25) is 6.23 Å². The summed E-state index contributed by atoms with van der Waals surface area (Å²) >= 11 is 0. The lowest BCUT2D eigenvalue weighted by atomic mass is 10.2. The molecule has 7 heteroatoms. The monoisotopic (exact) mass is 321 g/mol. The van der Waals surface area contributed by atoms with Gasteiger partial charge in [0, 0.05) is 26.8 Å². The standard InChI is InChI=1S/C16H19NO6/c1-11(18)22-14-8-9-17(15(14)23-12(2)19)16(20)21-10-13-6-4-3-5-7-13/h3-7,14-15H,8-10H2,1-2H3. The van der Waals surface area contributed by atoms with E-state index in [1.165, 1.54) is 18.7 Å². The van der Waals surface area contributed by atoms with Gasteiger partial charge >= 0.3 is 18.0 Å². The zero-order valence-electron chi connectivity index (χ0n) is 13.1. The summed E-state index contributed by atoms with van der Waals surface area (Å²) in [5.74, 6) is -1.05. The van der Waals surface area contributed by atoms with Crippen molar-refractivity contribution < 1.29 is 28.6 Å². The van der Waals surface area contributed by atoms with Gasteiger partial charge in [0.25, 0.3) is 0 Å². The van der Waals surface area contributed by atoms with Crippen LogP contribution in [0.3, 0.4) is 0 Å². The highest BCUT2D eigenvalue weighted by molar-refractivity contribution is 5.71. The number of hydrogen-bond donors (Lipinski definition) is 0. The highest BCUT2D eigenvalue weighted by atomic mass is 16.6. The number of nitrogens with zero attached hydrogens (tertiary/aromatic N) is 1. The molecule has 0 bridgehead atoms. The first kappa shape index (κ1) is 16.8. The molecule has 1 aromatic rings. The molecule has 0 saturated carbocycles. The molecule has 0 aliphatic carbocycles.